The van der Waals surface area contributed by atoms with Gasteiger partial charge in [0.15, 0.2) is 0 Å². The van der Waals surface area contributed by atoms with Crippen LogP contribution in [0.5, 0.6) is 0 Å². The van der Waals surface area contributed by atoms with Crippen LogP contribution in [0.15, 0.2) is 41.2 Å². The van der Waals surface area contributed by atoms with Crippen LogP contribution in [0.4, 0.5) is 11.4 Å². The van der Waals surface area contributed by atoms with Crippen molar-refractivity contribution in [2.24, 2.45) is 0 Å². The first-order chi connectivity index (χ1) is 8.56. The van der Waals surface area contributed by atoms with E-state index in [2.05, 4.69) is 10.3 Å². The third-order valence-corrected chi connectivity index (χ3v) is 2.47. The number of carbonyl (C=O) groups is 1. The number of nitrogens with two attached hydrogens (primary N) is 1. The van der Waals surface area contributed by atoms with Crippen molar-refractivity contribution in [3.05, 3.63) is 58.0 Å². The van der Waals surface area contributed by atoms with Gasteiger partial charge in [0.2, 0.25) is 5.56 Å². The SMILES string of the molecule is Cc1ccc(NC(=O)c2cccc(=O)[nH]2)c(N)c1. The van der Waals surface area contributed by atoms with Gasteiger partial charge in [0.1, 0.15) is 5.69 Å². The Hall–Kier alpha value is -2.56. The zero-order valence-corrected chi connectivity index (χ0v) is 9.86. The maximum Gasteiger partial charge on any atom is 0.272 e. The maximum absolute atomic E-state index is 11.9. The number of amides is 1. The number of hydrogen-bond acceptors (Lipinski definition) is 3. The Kier molecular flexibility index (Phi) is 3.14. The predicted octanol–water partition coefficient (Wildman–Crippen LogP) is 1.52. The Morgan fingerprint density at radius 2 is 2.06 bits per heavy atom. The molecule has 0 saturated carbocycles. The van der Waals surface area contributed by atoms with E-state index in [1.54, 1.807) is 12.1 Å². The lowest BCUT2D eigenvalue weighted by atomic mass is 10.2. The second-order valence-electron chi connectivity index (χ2n) is 3.97. The Balaban J connectivity index is 2.24. The van der Waals surface area contributed by atoms with Gasteiger partial charge in [-0.2, -0.15) is 0 Å². The summed E-state index contributed by atoms with van der Waals surface area (Å²) < 4.78 is 0. The fourth-order valence-corrected chi connectivity index (χ4v) is 1.57. The first-order valence-electron chi connectivity index (χ1n) is 5.43. The van der Waals surface area contributed by atoms with Gasteiger partial charge >= 0.3 is 0 Å². The van der Waals surface area contributed by atoms with E-state index in [9.17, 15) is 9.59 Å². The van der Waals surface area contributed by atoms with E-state index in [0.29, 0.717) is 11.4 Å². The van der Waals surface area contributed by atoms with E-state index < -0.39 is 5.91 Å². The summed E-state index contributed by atoms with van der Waals surface area (Å²) in [6.07, 6.45) is 0. The highest BCUT2D eigenvalue weighted by atomic mass is 16.2. The minimum atomic E-state index is -0.400. The Morgan fingerprint density at radius 3 is 2.72 bits per heavy atom. The lowest BCUT2D eigenvalue weighted by molar-refractivity contribution is 0.102. The number of aromatic amines is 1. The fourth-order valence-electron chi connectivity index (χ4n) is 1.57. The molecule has 1 aromatic carbocycles. The van der Waals surface area contributed by atoms with Crippen LogP contribution >= 0.6 is 0 Å². The van der Waals surface area contributed by atoms with Crippen LogP contribution in [0.2, 0.25) is 0 Å². The number of anilines is 2. The average Bonchev–Trinajstić information content (AvgIpc) is 2.32. The topological polar surface area (TPSA) is 88.0 Å². The largest absolute Gasteiger partial charge is 0.397 e. The summed E-state index contributed by atoms with van der Waals surface area (Å²) in [4.78, 5) is 25.4. The number of pyridine rings is 1. The van der Waals surface area contributed by atoms with Crippen molar-refractivity contribution in [3.8, 4) is 0 Å². The van der Waals surface area contributed by atoms with Gasteiger partial charge in [0, 0.05) is 6.07 Å². The highest BCUT2D eigenvalue weighted by Gasteiger charge is 2.08. The number of nitrogen functional groups attached to an aromatic ring is 1. The Labute approximate surface area is 104 Å². The van der Waals surface area contributed by atoms with E-state index in [0.717, 1.165) is 5.56 Å². The van der Waals surface area contributed by atoms with Crippen molar-refractivity contribution in [2.45, 2.75) is 6.92 Å². The van der Waals surface area contributed by atoms with Gasteiger partial charge < -0.3 is 16.0 Å². The molecule has 0 bridgehead atoms. The molecule has 1 heterocycles. The van der Waals surface area contributed by atoms with Crippen LogP contribution in [0.25, 0.3) is 0 Å². The molecular weight excluding hydrogens is 230 g/mol. The van der Waals surface area contributed by atoms with Crippen LogP contribution in [0, 0.1) is 6.92 Å². The molecule has 18 heavy (non-hydrogen) atoms. The second-order valence-corrected chi connectivity index (χ2v) is 3.97. The van der Waals surface area contributed by atoms with E-state index >= 15 is 0 Å². The molecule has 1 amide bonds. The number of aromatic nitrogens is 1. The summed E-state index contributed by atoms with van der Waals surface area (Å²) in [6.45, 7) is 1.91. The van der Waals surface area contributed by atoms with Gasteiger partial charge in [0.25, 0.3) is 5.91 Å². The van der Waals surface area contributed by atoms with Crippen molar-refractivity contribution in [1.29, 1.82) is 0 Å². The lowest BCUT2D eigenvalue weighted by Gasteiger charge is -2.08. The van der Waals surface area contributed by atoms with Crippen LogP contribution in [0.3, 0.4) is 0 Å². The first-order valence-corrected chi connectivity index (χ1v) is 5.43. The van der Waals surface area contributed by atoms with Crippen LogP contribution in [-0.4, -0.2) is 10.9 Å². The average molecular weight is 243 g/mol. The molecule has 4 N–H and O–H groups in total. The van der Waals surface area contributed by atoms with Crippen molar-refractivity contribution in [1.82, 2.24) is 4.98 Å². The summed E-state index contributed by atoms with van der Waals surface area (Å²) in [6, 6.07) is 9.73. The zero-order chi connectivity index (χ0) is 13.1. The van der Waals surface area contributed by atoms with Crippen molar-refractivity contribution in [2.75, 3.05) is 11.1 Å². The molecule has 1 aromatic heterocycles. The molecule has 0 aliphatic heterocycles. The molecule has 0 aliphatic carbocycles. The molecule has 0 unspecified atom stereocenters. The molecule has 0 spiro atoms. The molecule has 0 saturated heterocycles. The predicted molar refractivity (Wildman–Crippen MR) is 70.6 cm³/mol. The molecule has 0 radical (unpaired) electrons. The molecule has 5 heteroatoms. The van der Waals surface area contributed by atoms with Gasteiger partial charge in [0.05, 0.1) is 11.4 Å². The standard InChI is InChI=1S/C13H13N3O2/c1-8-5-6-10(9(14)7-8)16-13(18)11-3-2-4-12(17)15-11/h2-7H,14H2,1H3,(H,15,17)(H,16,18). The summed E-state index contributed by atoms with van der Waals surface area (Å²) in [5.74, 6) is -0.400. The molecule has 0 atom stereocenters. The highest BCUT2D eigenvalue weighted by molar-refractivity contribution is 6.04. The molecular formula is C13H13N3O2. The van der Waals surface area contributed by atoms with E-state index in [4.69, 9.17) is 5.73 Å². The Bertz CT molecular complexity index is 647. The van der Waals surface area contributed by atoms with Gasteiger partial charge in [-0.05, 0) is 30.7 Å². The second kappa shape index (κ2) is 4.75. The number of carbonyl (C=O) groups excluding carboxylic acids is 1. The number of nitrogens with one attached hydrogen (secondary N) is 2. The van der Waals surface area contributed by atoms with Gasteiger partial charge in [-0.15, -0.1) is 0 Å². The number of H-pyrrole nitrogens is 1. The molecule has 0 fully saturated rings. The molecule has 2 aromatic rings. The van der Waals surface area contributed by atoms with Crippen LogP contribution in [0.1, 0.15) is 16.1 Å². The van der Waals surface area contributed by atoms with Crippen molar-refractivity contribution < 1.29 is 4.79 Å². The third kappa shape index (κ3) is 2.57. The van der Waals surface area contributed by atoms with E-state index in [-0.39, 0.29) is 11.3 Å². The minimum Gasteiger partial charge on any atom is -0.397 e. The zero-order valence-electron chi connectivity index (χ0n) is 9.86. The smallest absolute Gasteiger partial charge is 0.272 e. The first kappa shape index (κ1) is 11.9. The Morgan fingerprint density at radius 1 is 1.28 bits per heavy atom. The van der Waals surface area contributed by atoms with Gasteiger partial charge in [-0.1, -0.05) is 12.1 Å². The summed E-state index contributed by atoms with van der Waals surface area (Å²) in [5.41, 5.74) is 7.69. The van der Waals surface area contributed by atoms with Gasteiger partial charge in [-0.3, -0.25) is 9.59 Å². The fraction of sp³-hybridized carbons (Fsp3) is 0.0769. The quantitative estimate of drug-likeness (QED) is 0.699. The molecule has 0 aliphatic rings. The lowest BCUT2D eigenvalue weighted by Crippen LogP contribution is -2.18. The third-order valence-electron chi connectivity index (χ3n) is 2.47. The van der Waals surface area contributed by atoms with Crippen molar-refractivity contribution >= 4 is 17.3 Å². The number of rotatable bonds is 2. The minimum absolute atomic E-state index is 0.197. The van der Waals surface area contributed by atoms with Crippen molar-refractivity contribution in [3.63, 3.8) is 0 Å². The monoisotopic (exact) mass is 243 g/mol. The number of hydrogen-bond donors (Lipinski definition) is 3. The van der Waals surface area contributed by atoms with E-state index in [1.165, 1.54) is 18.2 Å². The number of aryl methyl sites for hydroxylation is 1. The highest BCUT2D eigenvalue weighted by Crippen LogP contribution is 2.19. The van der Waals surface area contributed by atoms with E-state index in [1.807, 2.05) is 13.0 Å². The molecule has 92 valence electrons. The summed E-state index contributed by atoms with van der Waals surface area (Å²) >= 11 is 0. The maximum atomic E-state index is 11.9. The normalized spacial score (nSPS) is 10.1. The molecule has 5 nitrogen and oxygen atoms in total. The summed E-state index contributed by atoms with van der Waals surface area (Å²) in [7, 11) is 0. The van der Waals surface area contributed by atoms with Gasteiger partial charge in [-0.25, -0.2) is 0 Å². The number of benzene rings is 1. The van der Waals surface area contributed by atoms with Crippen LogP contribution < -0.4 is 16.6 Å². The summed E-state index contributed by atoms with van der Waals surface area (Å²) in [5, 5.41) is 2.65. The molecule has 2 rings (SSSR count). The van der Waals surface area contributed by atoms with Crippen LogP contribution in [-0.2, 0) is 0 Å².